The highest BCUT2D eigenvalue weighted by molar-refractivity contribution is 6.38. The second-order valence-corrected chi connectivity index (χ2v) is 28.3. The molecule has 88 heavy (non-hydrogen) atoms. The number of anilines is 4. The van der Waals surface area contributed by atoms with Crippen LogP contribution < -0.4 is 19.6 Å². The van der Waals surface area contributed by atoms with Crippen LogP contribution in [0.2, 0.25) is 0 Å². The Balaban J connectivity index is 0.992. The Morgan fingerprint density at radius 3 is 0.659 bits per heavy atom. The van der Waals surface area contributed by atoms with Crippen LogP contribution in [0.1, 0.15) is 235 Å². The van der Waals surface area contributed by atoms with Gasteiger partial charge in [0.1, 0.15) is 0 Å². The van der Waals surface area contributed by atoms with Crippen LogP contribution in [-0.4, -0.2) is 119 Å². The molecule has 16 nitrogen and oxygen atoms in total. The average Bonchev–Trinajstić information content (AvgIpc) is 0.741. The van der Waals surface area contributed by atoms with Gasteiger partial charge >= 0.3 is 0 Å². The summed E-state index contributed by atoms with van der Waals surface area (Å²) in [6, 6.07) is 19.0. The van der Waals surface area contributed by atoms with E-state index in [4.69, 9.17) is 0 Å². The first-order chi connectivity index (χ1) is 42.2. The van der Waals surface area contributed by atoms with Gasteiger partial charge in [-0.25, -0.2) is 0 Å². The number of imide groups is 4. The first kappa shape index (κ1) is 56.1. The molecular weight excluding hydrogens is 1100 g/mol. The Bertz CT molecular complexity index is 3640. The zero-order chi connectivity index (χ0) is 61.0. The summed E-state index contributed by atoms with van der Waals surface area (Å²) >= 11 is 0. The highest BCUT2D eigenvalue weighted by Crippen LogP contribution is 2.50. The maximum absolute atomic E-state index is 16.0. The lowest BCUT2D eigenvalue weighted by molar-refractivity contribution is 0.0574. The molecule has 0 N–H and O–H groups in total. The Labute approximate surface area is 513 Å². The van der Waals surface area contributed by atoms with Gasteiger partial charge in [0.25, 0.3) is 47.3 Å². The fourth-order valence-electron chi connectivity index (χ4n) is 15.8. The third kappa shape index (κ3) is 8.79. The third-order valence-electron chi connectivity index (χ3n) is 20.5. The van der Waals surface area contributed by atoms with Crippen LogP contribution in [0.3, 0.4) is 0 Å². The quantitative estimate of drug-likeness (QED) is 0.154. The molecule has 19 aliphatic heterocycles. The summed E-state index contributed by atoms with van der Waals surface area (Å²) in [6.07, 6.45) is 10.9. The molecule has 16 heteroatoms. The second-order valence-electron chi connectivity index (χ2n) is 28.3. The number of nitrogens with zero attached hydrogens (tertiary/aromatic N) is 8. The molecule has 19 aliphatic rings. The summed E-state index contributed by atoms with van der Waals surface area (Å²) in [4.78, 5) is 141. The maximum Gasteiger partial charge on any atom is 0.263 e. The van der Waals surface area contributed by atoms with Crippen molar-refractivity contribution in [3.63, 3.8) is 0 Å². The van der Waals surface area contributed by atoms with Gasteiger partial charge in [-0.1, -0.05) is 77.9 Å². The van der Waals surface area contributed by atoms with Crippen molar-refractivity contribution >= 4 is 91.6 Å². The van der Waals surface area contributed by atoms with Crippen LogP contribution in [-0.2, 0) is 37.0 Å². The molecule has 6 aromatic rings. The van der Waals surface area contributed by atoms with E-state index in [-0.39, 0.29) is 48.4 Å². The number of hydrogen-bond acceptors (Lipinski definition) is 12. The molecule has 0 aliphatic carbocycles. The van der Waals surface area contributed by atoms with E-state index in [1.807, 2.05) is 60.7 Å². The van der Waals surface area contributed by atoms with Gasteiger partial charge in [-0.05, 0) is 146 Å². The van der Waals surface area contributed by atoms with Gasteiger partial charge in [0, 0.05) is 73.9 Å². The standard InChI is InChI=1S/C72H76N8O8/c1-71(2,3)45-29-41-27-42(30-45)38-78-64(82)48-34-54(76-25-17-10-18-26-76)62-58-50(36-52(60(56(48)58)68(78)86)74-21-13-8-14-22-74)66(84)80(70(62)88)40-44-28-43(31-46(32-44)72(4,5)6)39-79-65(83)49-35-51(73-19-11-7-12-20-73)59-55-47(63(81)77(37-41)67(59)85)33-53(61(57(49)55)69(79)87)75-23-15-9-16-24-75/h27-36H,7-26,37-40H2,1-6H3. The largest absolute Gasteiger partial charge is 0.371 e. The van der Waals surface area contributed by atoms with E-state index in [0.29, 0.717) is 141 Å². The summed E-state index contributed by atoms with van der Waals surface area (Å²) in [7, 11) is 0. The summed E-state index contributed by atoms with van der Waals surface area (Å²) in [5.74, 6) is -4.22. The second kappa shape index (κ2) is 20.6. The van der Waals surface area contributed by atoms with Crippen LogP contribution in [0.5, 0.6) is 0 Å². The lowest BCUT2D eigenvalue weighted by Crippen LogP contribution is -2.45. The first-order valence-electron chi connectivity index (χ1n) is 32.3. The van der Waals surface area contributed by atoms with Gasteiger partial charge in [-0.3, -0.25) is 58.0 Å². The molecule has 0 aromatic heterocycles. The predicted octanol–water partition coefficient (Wildman–Crippen LogP) is 12.0. The number of piperidine rings is 4. The Kier molecular flexibility index (Phi) is 13.1. The molecule has 6 aromatic carbocycles. The SMILES string of the molecule is CC(C)(C)c1cc2cc(c1)CN1C(=O)c3cc(N4CCCCC4)c4c5c(cc(N6CCCCC6)c(c35)C1=O)C(=O)N(Cc1cc(cc(C(C)(C)C)c1)CN1C(=O)c3cc(N5CCCCC5)c5c6c(cc(N7CCCCC7)c(c36)C1=O)C(=O)N(C2)C5=O)C4=O. The summed E-state index contributed by atoms with van der Waals surface area (Å²) < 4.78 is 0. The normalized spacial score (nSPS) is 20.0. The fraction of sp³-hybridized carbons (Fsp3) is 0.444. The minimum absolute atomic E-state index is 0.147. The predicted molar refractivity (Wildman–Crippen MR) is 339 cm³/mol. The zero-order valence-corrected chi connectivity index (χ0v) is 51.6. The van der Waals surface area contributed by atoms with E-state index in [2.05, 4.69) is 61.1 Å². The lowest BCUT2D eigenvalue weighted by atomic mass is 9.81. The van der Waals surface area contributed by atoms with E-state index in [1.165, 1.54) is 19.6 Å². The van der Waals surface area contributed by atoms with E-state index in [0.717, 1.165) is 88.2 Å². The summed E-state index contributed by atoms with van der Waals surface area (Å²) in [6.45, 7) is 16.9. The van der Waals surface area contributed by atoms with E-state index < -0.39 is 58.1 Å². The van der Waals surface area contributed by atoms with Crippen molar-refractivity contribution in [1.82, 2.24) is 19.6 Å². The van der Waals surface area contributed by atoms with E-state index >= 15 is 38.4 Å². The van der Waals surface area contributed by atoms with Crippen LogP contribution in [0.4, 0.5) is 22.7 Å². The van der Waals surface area contributed by atoms with Gasteiger partial charge in [0.05, 0.1) is 93.4 Å². The number of amides is 8. The Morgan fingerprint density at radius 1 is 0.261 bits per heavy atom. The van der Waals surface area contributed by atoms with Gasteiger partial charge in [-0.15, -0.1) is 0 Å². The smallest absolute Gasteiger partial charge is 0.263 e. The number of benzene rings is 6. The van der Waals surface area contributed by atoms with Crippen LogP contribution in [0.25, 0.3) is 21.5 Å². The first-order valence-corrected chi connectivity index (χ1v) is 32.3. The molecule has 0 atom stereocenters. The topological polar surface area (TPSA) is 162 Å². The molecule has 25 rings (SSSR count). The molecule has 19 heterocycles. The number of rotatable bonds is 4. The Hall–Kier alpha value is -8.40. The molecule has 4 fully saturated rings. The van der Waals surface area contributed by atoms with Crippen molar-refractivity contribution in [2.75, 3.05) is 72.0 Å². The molecule has 0 spiro atoms. The minimum atomic E-state index is -0.533. The van der Waals surface area contributed by atoms with E-state index in [1.54, 1.807) is 0 Å². The molecule has 0 radical (unpaired) electrons. The zero-order valence-electron chi connectivity index (χ0n) is 51.6. The van der Waals surface area contributed by atoms with Gasteiger partial charge < -0.3 is 19.6 Å². The van der Waals surface area contributed by atoms with Gasteiger partial charge in [0.15, 0.2) is 0 Å². The van der Waals surface area contributed by atoms with Crippen molar-refractivity contribution < 1.29 is 38.4 Å². The molecule has 8 amide bonds. The van der Waals surface area contributed by atoms with Crippen molar-refractivity contribution in [3.05, 3.63) is 139 Å². The minimum Gasteiger partial charge on any atom is -0.371 e. The number of carbonyl (C=O) groups is 8. The van der Waals surface area contributed by atoms with Crippen LogP contribution >= 0.6 is 0 Å². The highest BCUT2D eigenvalue weighted by atomic mass is 16.2. The molecule has 452 valence electrons. The van der Waals surface area contributed by atoms with Crippen LogP contribution in [0.15, 0.2) is 60.7 Å². The monoisotopic (exact) mass is 1180 g/mol. The summed E-state index contributed by atoms with van der Waals surface area (Å²) in [5.41, 5.74) is 7.65. The fourth-order valence-corrected chi connectivity index (χ4v) is 15.8. The van der Waals surface area contributed by atoms with Gasteiger partial charge in [0.2, 0.25) is 0 Å². The average molecular weight is 1180 g/mol. The molecular formula is C72H76N8O8. The van der Waals surface area contributed by atoms with Crippen molar-refractivity contribution in [1.29, 1.82) is 0 Å². The molecule has 20 bridgehead atoms. The number of carbonyl (C=O) groups excluding carboxylic acids is 8. The highest BCUT2D eigenvalue weighted by Gasteiger charge is 2.48. The van der Waals surface area contributed by atoms with Crippen molar-refractivity contribution in [2.45, 2.75) is 156 Å². The van der Waals surface area contributed by atoms with Crippen molar-refractivity contribution in [2.24, 2.45) is 0 Å². The molecule has 4 saturated heterocycles. The maximum atomic E-state index is 16.0. The third-order valence-corrected chi connectivity index (χ3v) is 20.5. The van der Waals surface area contributed by atoms with Gasteiger partial charge in [-0.2, -0.15) is 0 Å². The lowest BCUT2D eigenvalue weighted by Gasteiger charge is -2.40. The van der Waals surface area contributed by atoms with E-state index in [9.17, 15) is 0 Å². The van der Waals surface area contributed by atoms with Crippen LogP contribution in [0, 0.1) is 0 Å². The van der Waals surface area contributed by atoms with Crippen molar-refractivity contribution in [3.8, 4) is 0 Å². The number of hydrogen-bond donors (Lipinski definition) is 0. The molecule has 0 unspecified atom stereocenters. The molecule has 0 saturated carbocycles. The Morgan fingerprint density at radius 2 is 0.466 bits per heavy atom. The summed E-state index contributed by atoms with van der Waals surface area (Å²) in [5, 5.41) is 1.29.